The summed E-state index contributed by atoms with van der Waals surface area (Å²) >= 11 is 0.932. The third-order valence-corrected chi connectivity index (χ3v) is 3.66. The summed E-state index contributed by atoms with van der Waals surface area (Å²) in [4.78, 5) is 26.1. The molecule has 1 aromatic carbocycles. The Bertz CT molecular complexity index is 628. The Morgan fingerprint density at radius 3 is 2.72 bits per heavy atom. The summed E-state index contributed by atoms with van der Waals surface area (Å²) in [6, 6.07) is 7.65. The van der Waals surface area contributed by atoms with Crippen LogP contribution in [0.1, 0.15) is 27.9 Å². The number of benzene rings is 1. The molecule has 5 heteroatoms. The molecule has 0 bridgehead atoms. The second-order valence-electron chi connectivity index (χ2n) is 3.93. The second kappa shape index (κ2) is 5.18. The first-order chi connectivity index (χ1) is 8.61. The first kappa shape index (κ1) is 12.6. The fourth-order valence-electron chi connectivity index (χ4n) is 1.75. The number of hydrogen-bond donors (Lipinski definition) is 2. The number of H-pyrrole nitrogens is 1. The Hall–Kier alpha value is -1.88. The van der Waals surface area contributed by atoms with Crippen LogP contribution in [-0.4, -0.2) is 10.9 Å². The molecule has 2 N–H and O–H groups in total. The van der Waals surface area contributed by atoms with Gasteiger partial charge in [-0.3, -0.25) is 9.59 Å². The van der Waals surface area contributed by atoms with Gasteiger partial charge in [0, 0.05) is 11.4 Å². The van der Waals surface area contributed by atoms with Gasteiger partial charge in [-0.05, 0) is 25.0 Å². The zero-order chi connectivity index (χ0) is 13.1. The van der Waals surface area contributed by atoms with Crippen LogP contribution in [0.2, 0.25) is 0 Å². The van der Waals surface area contributed by atoms with E-state index in [0.29, 0.717) is 10.6 Å². The molecule has 0 aliphatic carbocycles. The van der Waals surface area contributed by atoms with Gasteiger partial charge in [-0.2, -0.15) is 0 Å². The number of hydrogen-bond acceptors (Lipinski definition) is 3. The van der Waals surface area contributed by atoms with Gasteiger partial charge in [0.1, 0.15) is 4.88 Å². The maximum absolute atomic E-state index is 12.1. The van der Waals surface area contributed by atoms with Crippen molar-refractivity contribution in [3.05, 3.63) is 50.1 Å². The van der Waals surface area contributed by atoms with Crippen molar-refractivity contribution in [2.75, 3.05) is 5.32 Å². The van der Waals surface area contributed by atoms with Crippen molar-refractivity contribution in [3.63, 3.8) is 0 Å². The molecule has 0 atom stereocenters. The number of para-hydroxylation sites is 1. The predicted octanol–water partition coefficient (Wildman–Crippen LogP) is 2.56. The van der Waals surface area contributed by atoms with Crippen molar-refractivity contribution in [2.24, 2.45) is 0 Å². The van der Waals surface area contributed by atoms with E-state index in [1.165, 1.54) is 0 Å². The van der Waals surface area contributed by atoms with E-state index in [0.717, 1.165) is 29.0 Å². The summed E-state index contributed by atoms with van der Waals surface area (Å²) in [5.41, 5.74) is 2.48. The average molecular weight is 262 g/mol. The van der Waals surface area contributed by atoms with Crippen LogP contribution >= 0.6 is 11.3 Å². The topological polar surface area (TPSA) is 62.0 Å². The van der Waals surface area contributed by atoms with Gasteiger partial charge in [0.05, 0.1) is 0 Å². The van der Waals surface area contributed by atoms with Crippen LogP contribution in [0.15, 0.2) is 29.1 Å². The number of aryl methyl sites for hydroxylation is 2. The Labute approximate surface area is 109 Å². The Morgan fingerprint density at radius 2 is 2.11 bits per heavy atom. The van der Waals surface area contributed by atoms with E-state index in [2.05, 4.69) is 10.3 Å². The third-order valence-electron chi connectivity index (χ3n) is 2.68. The minimum absolute atomic E-state index is 0.207. The highest BCUT2D eigenvalue weighted by Crippen LogP contribution is 2.18. The lowest BCUT2D eigenvalue weighted by molar-refractivity contribution is 0.102. The number of anilines is 1. The molecule has 0 aliphatic rings. The Morgan fingerprint density at radius 1 is 1.39 bits per heavy atom. The minimum atomic E-state index is -0.239. The molecular weight excluding hydrogens is 248 g/mol. The molecule has 1 aromatic heterocycles. The fourth-order valence-corrected chi connectivity index (χ4v) is 2.49. The lowest BCUT2D eigenvalue weighted by Crippen LogP contribution is -2.12. The number of nitrogens with one attached hydrogen (secondary N) is 2. The molecule has 2 rings (SSSR count). The molecule has 0 saturated carbocycles. The van der Waals surface area contributed by atoms with Gasteiger partial charge < -0.3 is 10.3 Å². The number of aromatic nitrogens is 1. The lowest BCUT2D eigenvalue weighted by Gasteiger charge is -2.08. The monoisotopic (exact) mass is 262 g/mol. The van der Waals surface area contributed by atoms with Crippen LogP contribution in [0.5, 0.6) is 0 Å². The number of thiazole rings is 1. The van der Waals surface area contributed by atoms with Crippen LogP contribution in [0, 0.1) is 6.92 Å². The van der Waals surface area contributed by atoms with Gasteiger partial charge in [0.25, 0.3) is 5.91 Å². The van der Waals surface area contributed by atoms with Gasteiger partial charge in [0.15, 0.2) is 0 Å². The number of amides is 1. The van der Waals surface area contributed by atoms with Crippen LogP contribution in [0.4, 0.5) is 5.69 Å². The molecule has 1 heterocycles. The highest BCUT2D eigenvalue weighted by atomic mass is 32.1. The van der Waals surface area contributed by atoms with Gasteiger partial charge >= 0.3 is 4.87 Å². The highest BCUT2D eigenvalue weighted by molar-refractivity contribution is 7.11. The number of carbonyl (C=O) groups excluding carboxylic acids is 1. The van der Waals surface area contributed by atoms with E-state index in [1.54, 1.807) is 6.92 Å². The number of rotatable bonds is 3. The van der Waals surface area contributed by atoms with Crippen molar-refractivity contribution >= 4 is 22.9 Å². The molecule has 94 valence electrons. The van der Waals surface area contributed by atoms with E-state index < -0.39 is 0 Å². The molecule has 2 aromatic rings. The highest BCUT2D eigenvalue weighted by Gasteiger charge is 2.14. The van der Waals surface area contributed by atoms with E-state index in [-0.39, 0.29) is 10.8 Å². The van der Waals surface area contributed by atoms with Crippen LogP contribution in [-0.2, 0) is 6.42 Å². The quantitative estimate of drug-likeness (QED) is 0.893. The summed E-state index contributed by atoms with van der Waals surface area (Å²) in [5, 5.41) is 2.84. The fraction of sp³-hybridized carbons (Fsp3) is 0.231. The molecule has 0 fully saturated rings. The van der Waals surface area contributed by atoms with Gasteiger partial charge in [0.2, 0.25) is 0 Å². The third kappa shape index (κ3) is 2.51. The maximum atomic E-state index is 12.1. The normalized spacial score (nSPS) is 10.3. The zero-order valence-corrected chi connectivity index (χ0v) is 11.1. The van der Waals surface area contributed by atoms with Crippen molar-refractivity contribution in [1.29, 1.82) is 0 Å². The molecule has 0 unspecified atom stereocenters. The first-order valence-corrected chi connectivity index (χ1v) is 6.52. The van der Waals surface area contributed by atoms with Gasteiger partial charge in [-0.25, -0.2) is 0 Å². The van der Waals surface area contributed by atoms with E-state index in [1.807, 2.05) is 31.2 Å². The van der Waals surface area contributed by atoms with Crippen molar-refractivity contribution in [3.8, 4) is 0 Å². The number of aromatic amines is 1. The van der Waals surface area contributed by atoms with E-state index in [4.69, 9.17) is 0 Å². The molecular formula is C13H14N2O2S. The molecule has 0 spiro atoms. The Balaban J connectivity index is 2.27. The SMILES string of the molecule is CCc1ccccc1NC(=O)c1sc(=O)[nH]c1C. The first-order valence-electron chi connectivity index (χ1n) is 5.70. The lowest BCUT2D eigenvalue weighted by atomic mass is 10.1. The molecule has 0 saturated heterocycles. The molecule has 0 radical (unpaired) electrons. The summed E-state index contributed by atoms with van der Waals surface area (Å²) in [5.74, 6) is -0.239. The summed E-state index contributed by atoms with van der Waals surface area (Å²) in [6.07, 6.45) is 0.846. The Kier molecular flexibility index (Phi) is 3.62. The van der Waals surface area contributed by atoms with Crippen molar-refractivity contribution in [2.45, 2.75) is 20.3 Å². The van der Waals surface area contributed by atoms with E-state index in [9.17, 15) is 9.59 Å². The van der Waals surface area contributed by atoms with Crippen LogP contribution in [0.25, 0.3) is 0 Å². The average Bonchev–Trinajstić information content (AvgIpc) is 2.69. The largest absolute Gasteiger partial charge is 0.321 e. The predicted molar refractivity (Wildman–Crippen MR) is 73.4 cm³/mol. The van der Waals surface area contributed by atoms with Gasteiger partial charge in [-0.1, -0.05) is 36.5 Å². The number of carbonyl (C=O) groups is 1. The molecule has 4 nitrogen and oxygen atoms in total. The van der Waals surface area contributed by atoms with Gasteiger partial charge in [-0.15, -0.1) is 0 Å². The standard InChI is InChI=1S/C13H14N2O2S/c1-3-9-6-4-5-7-10(9)15-12(16)11-8(2)14-13(17)18-11/h4-7H,3H2,1-2H3,(H,14,17)(H,15,16). The molecule has 1 amide bonds. The van der Waals surface area contributed by atoms with E-state index >= 15 is 0 Å². The van der Waals surface area contributed by atoms with Crippen molar-refractivity contribution < 1.29 is 4.79 Å². The summed E-state index contributed by atoms with van der Waals surface area (Å²) < 4.78 is 0. The summed E-state index contributed by atoms with van der Waals surface area (Å²) in [7, 11) is 0. The smallest absolute Gasteiger partial charge is 0.305 e. The summed E-state index contributed by atoms with van der Waals surface area (Å²) in [6.45, 7) is 3.75. The zero-order valence-electron chi connectivity index (χ0n) is 10.2. The molecule has 0 aliphatic heterocycles. The maximum Gasteiger partial charge on any atom is 0.305 e. The second-order valence-corrected chi connectivity index (χ2v) is 4.92. The van der Waals surface area contributed by atoms with Crippen molar-refractivity contribution in [1.82, 2.24) is 4.98 Å². The minimum Gasteiger partial charge on any atom is -0.321 e. The van der Waals surface area contributed by atoms with Crippen LogP contribution < -0.4 is 10.2 Å². The van der Waals surface area contributed by atoms with Crippen LogP contribution in [0.3, 0.4) is 0 Å². The molecule has 18 heavy (non-hydrogen) atoms.